The summed E-state index contributed by atoms with van der Waals surface area (Å²) in [5, 5.41) is 14.3. The molecule has 2 rings (SSSR count). The summed E-state index contributed by atoms with van der Waals surface area (Å²) in [4.78, 5) is 12.3. The molecule has 3 nitrogen and oxygen atoms in total. The summed E-state index contributed by atoms with van der Waals surface area (Å²) in [5.74, 6) is -0.409. The van der Waals surface area contributed by atoms with E-state index >= 15 is 0 Å². The minimum Gasteiger partial charge on any atom is -0.480 e. The van der Waals surface area contributed by atoms with Gasteiger partial charge >= 0.3 is 5.97 Å². The lowest BCUT2D eigenvalue weighted by atomic mass is 10.1. The van der Waals surface area contributed by atoms with E-state index in [1.165, 1.54) is 4.88 Å². The number of carboxylic acids is 1. The molecule has 0 bridgehead atoms. The summed E-state index contributed by atoms with van der Waals surface area (Å²) in [6, 6.07) is 1.74. The molecule has 5 heteroatoms. The molecule has 1 heterocycles. The van der Waals surface area contributed by atoms with Crippen molar-refractivity contribution in [2.24, 2.45) is 5.92 Å². The summed E-state index contributed by atoms with van der Waals surface area (Å²) >= 11 is 5.04. The van der Waals surface area contributed by atoms with E-state index in [1.54, 1.807) is 11.3 Å². The SMILES string of the molecule is CC(NC(C(=O)O)C1CC1)c1cc(Br)cs1. The lowest BCUT2D eigenvalue weighted by Crippen LogP contribution is -2.39. The van der Waals surface area contributed by atoms with Crippen LogP contribution in [-0.4, -0.2) is 17.1 Å². The summed E-state index contributed by atoms with van der Waals surface area (Å²) in [6.07, 6.45) is 2.07. The van der Waals surface area contributed by atoms with Crippen LogP contribution in [-0.2, 0) is 4.79 Å². The molecule has 2 N–H and O–H groups in total. The first-order valence-corrected chi connectivity index (χ1v) is 6.98. The number of aliphatic carboxylic acids is 1. The number of hydrogen-bond acceptors (Lipinski definition) is 3. The molecule has 16 heavy (non-hydrogen) atoms. The second kappa shape index (κ2) is 4.85. The monoisotopic (exact) mass is 303 g/mol. The Morgan fingerprint density at radius 3 is 2.81 bits per heavy atom. The first kappa shape index (κ1) is 12.1. The molecule has 0 spiro atoms. The molecule has 1 fully saturated rings. The summed E-state index contributed by atoms with van der Waals surface area (Å²) in [7, 11) is 0. The molecule has 0 saturated heterocycles. The van der Waals surface area contributed by atoms with Crippen molar-refractivity contribution >= 4 is 33.2 Å². The lowest BCUT2D eigenvalue weighted by molar-refractivity contribution is -0.140. The van der Waals surface area contributed by atoms with Gasteiger partial charge in [0, 0.05) is 20.8 Å². The molecule has 1 aliphatic carbocycles. The van der Waals surface area contributed by atoms with Crippen molar-refractivity contribution in [3.05, 3.63) is 20.8 Å². The van der Waals surface area contributed by atoms with Crippen molar-refractivity contribution in [3.63, 3.8) is 0 Å². The third kappa shape index (κ3) is 2.84. The topological polar surface area (TPSA) is 49.3 Å². The molecule has 0 amide bonds. The van der Waals surface area contributed by atoms with Crippen LogP contribution in [0.15, 0.2) is 15.9 Å². The van der Waals surface area contributed by atoms with Crippen molar-refractivity contribution in [2.45, 2.75) is 31.8 Å². The number of thiophene rings is 1. The third-order valence-electron chi connectivity index (χ3n) is 2.80. The number of carboxylic acid groups (broad SMARTS) is 1. The normalized spacial score (nSPS) is 19.4. The fraction of sp³-hybridized carbons (Fsp3) is 0.545. The minimum atomic E-state index is -0.732. The lowest BCUT2D eigenvalue weighted by Gasteiger charge is -2.18. The Hall–Kier alpha value is -0.390. The van der Waals surface area contributed by atoms with Crippen LogP contribution in [0.2, 0.25) is 0 Å². The van der Waals surface area contributed by atoms with E-state index in [0.29, 0.717) is 5.92 Å². The highest BCUT2D eigenvalue weighted by molar-refractivity contribution is 9.10. The zero-order valence-corrected chi connectivity index (χ0v) is 11.3. The van der Waals surface area contributed by atoms with Gasteiger partial charge in [0.1, 0.15) is 6.04 Å². The van der Waals surface area contributed by atoms with Gasteiger partial charge in [0.25, 0.3) is 0 Å². The number of hydrogen-bond donors (Lipinski definition) is 2. The molecule has 1 saturated carbocycles. The summed E-state index contributed by atoms with van der Waals surface area (Å²) < 4.78 is 1.06. The molecule has 1 aliphatic rings. The Kier molecular flexibility index (Phi) is 3.66. The summed E-state index contributed by atoms with van der Waals surface area (Å²) in [5.41, 5.74) is 0. The van der Waals surface area contributed by atoms with Crippen molar-refractivity contribution < 1.29 is 9.90 Å². The molecule has 0 aliphatic heterocycles. The fourth-order valence-corrected chi connectivity index (χ4v) is 3.21. The molecule has 1 aromatic rings. The zero-order valence-electron chi connectivity index (χ0n) is 8.94. The smallest absolute Gasteiger partial charge is 0.321 e. The predicted molar refractivity (Wildman–Crippen MR) is 67.7 cm³/mol. The quantitative estimate of drug-likeness (QED) is 0.879. The fourth-order valence-electron chi connectivity index (χ4n) is 1.75. The Balaban J connectivity index is 1.99. The number of halogens is 1. The molecular weight excluding hydrogens is 290 g/mol. The maximum Gasteiger partial charge on any atom is 0.321 e. The molecular formula is C11H14BrNO2S. The van der Waals surface area contributed by atoms with Crippen molar-refractivity contribution in [2.75, 3.05) is 0 Å². The van der Waals surface area contributed by atoms with E-state index in [2.05, 4.69) is 21.2 Å². The van der Waals surface area contributed by atoms with Crippen molar-refractivity contribution in [1.82, 2.24) is 5.32 Å². The Morgan fingerprint density at radius 2 is 2.38 bits per heavy atom. The van der Waals surface area contributed by atoms with Crippen LogP contribution in [0.1, 0.15) is 30.7 Å². The highest BCUT2D eigenvalue weighted by atomic mass is 79.9. The van der Waals surface area contributed by atoms with Crippen LogP contribution < -0.4 is 5.32 Å². The van der Waals surface area contributed by atoms with Gasteiger partial charge in [-0.1, -0.05) is 0 Å². The minimum absolute atomic E-state index is 0.0954. The van der Waals surface area contributed by atoms with Crippen LogP contribution >= 0.6 is 27.3 Å². The molecule has 2 unspecified atom stereocenters. The number of nitrogens with one attached hydrogen (secondary N) is 1. The van der Waals surface area contributed by atoms with Gasteiger partial charge in [-0.15, -0.1) is 11.3 Å². The van der Waals surface area contributed by atoms with Crippen molar-refractivity contribution in [3.8, 4) is 0 Å². The summed E-state index contributed by atoms with van der Waals surface area (Å²) in [6.45, 7) is 2.01. The molecule has 1 aromatic heterocycles. The highest BCUT2D eigenvalue weighted by Gasteiger charge is 2.36. The highest BCUT2D eigenvalue weighted by Crippen LogP contribution is 2.34. The molecule has 88 valence electrons. The van der Waals surface area contributed by atoms with Gasteiger partial charge in [-0.25, -0.2) is 0 Å². The van der Waals surface area contributed by atoms with E-state index in [9.17, 15) is 4.79 Å². The maximum absolute atomic E-state index is 11.1. The Bertz CT molecular complexity index is 389. The molecule has 0 aromatic carbocycles. The van der Waals surface area contributed by atoms with Gasteiger partial charge in [-0.3, -0.25) is 10.1 Å². The van der Waals surface area contributed by atoms with Gasteiger partial charge in [-0.2, -0.15) is 0 Å². The zero-order chi connectivity index (χ0) is 11.7. The average Bonchev–Trinajstić information content (AvgIpc) is 2.96. The van der Waals surface area contributed by atoms with Crippen LogP contribution in [0, 0.1) is 5.92 Å². The van der Waals surface area contributed by atoms with Crippen LogP contribution in [0.3, 0.4) is 0 Å². The second-order valence-corrected chi connectivity index (χ2v) is 6.07. The van der Waals surface area contributed by atoms with Crippen LogP contribution in [0.25, 0.3) is 0 Å². The predicted octanol–water partition coefficient (Wildman–Crippen LogP) is 3.02. The van der Waals surface area contributed by atoms with Crippen molar-refractivity contribution in [1.29, 1.82) is 0 Å². The maximum atomic E-state index is 11.1. The number of rotatable bonds is 5. The molecule has 2 atom stereocenters. The second-order valence-electron chi connectivity index (χ2n) is 4.21. The van der Waals surface area contributed by atoms with Gasteiger partial charge in [0.15, 0.2) is 0 Å². The van der Waals surface area contributed by atoms with E-state index < -0.39 is 12.0 Å². The van der Waals surface area contributed by atoms with Gasteiger partial charge in [0.05, 0.1) is 0 Å². The third-order valence-corrected chi connectivity index (χ3v) is 4.68. The van der Waals surface area contributed by atoms with Crippen LogP contribution in [0.4, 0.5) is 0 Å². The van der Waals surface area contributed by atoms with Gasteiger partial charge < -0.3 is 5.11 Å². The first-order valence-electron chi connectivity index (χ1n) is 5.30. The van der Waals surface area contributed by atoms with E-state index in [0.717, 1.165) is 17.3 Å². The van der Waals surface area contributed by atoms with E-state index in [1.807, 2.05) is 18.4 Å². The Morgan fingerprint density at radius 1 is 1.69 bits per heavy atom. The first-order chi connectivity index (χ1) is 7.58. The standard InChI is InChI=1S/C11H14BrNO2S/c1-6(9-4-8(12)5-16-9)13-10(11(14)15)7-2-3-7/h4-7,10,13H,2-3H2,1H3,(H,14,15). The van der Waals surface area contributed by atoms with E-state index in [-0.39, 0.29) is 6.04 Å². The molecule has 0 radical (unpaired) electrons. The average molecular weight is 304 g/mol. The van der Waals surface area contributed by atoms with Gasteiger partial charge in [-0.05, 0) is 47.7 Å². The van der Waals surface area contributed by atoms with E-state index in [4.69, 9.17) is 5.11 Å². The van der Waals surface area contributed by atoms with Gasteiger partial charge in [0.2, 0.25) is 0 Å². The Labute approximate surface area is 107 Å². The number of carbonyl (C=O) groups is 1. The largest absolute Gasteiger partial charge is 0.480 e. The van der Waals surface area contributed by atoms with Crippen LogP contribution in [0.5, 0.6) is 0 Å².